The Hall–Kier alpha value is -1.50. The van der Waals surface area contributed by atoms with Crippen LogP contribution in [0.4, 0.5) is 0 Å². The number of halogens is 1. The zero-order valence-electron chi connectivity index (χ0n) is 11.2. The third kappa shape index (κ3) is 3.40. The highest BCUT2D eigenvalue weighted by Gasteiger charge is 2.21. The first-order valence-electron chi connectivity index (χ1n) is 6.72. The molecule has 1 saturated heterocycles. The van der Waals surface area contributed by atoms with Crippen LogP contribution < -0.4 is 5.32 Å². The molecular weight excluding hydrogens is 310 g/mol. The van der Waals surface area contributed by atoms with Crippen molar-refractivity contribution in [1.82, 2.24) is 14.9 Å². The van der Waals surface area contributed by atoms with Crippen LogP contribution in [-0.2, 0) is 4.74 Å². The van der Waals surface area contributed by atoms with E-state index in [4.69, 9.17) is 16.3 Å². The van der Waals surface area contributed by atoms with Gasteiger partial charge in [-0.15, -0.1) is 5.10 Å². The molecule has 1 aliphatic rings. The maximum Gasteiger partial charge on any atom is 0.273 e. The van der Waals surface area contributed by atoms with Gasteiger partial charge in [0.15, 0.2) is 5.69 Å². The molecule has 110 valence electrons. The number of hydrogen-bond donors (Lipinski definition) is 1. The molecule has 2 heterocycles. The van der Waals surface area contributed by atoms with E-state index in [1.54, 1.807) is 12.1 Å². The Bertz CT molecular complexity index is 623. The van der Waals surface area contributed by atoms with E-state index in [2.05, 4.69) is 14.9 Å². The second-order valence-corrected chi connectivity index (χ2v) is 5.99. The minimum absolute atomic E-state index is 0.111. The summed E-state index contributed by atoms with van der Waals surface area (Å²) in [5.74, 6) is -0.218. The number of amides is 1. The highest BCUT2D eigenvalue weighted by molar-refractivity contribution is 7.09. The SMILES string of the molecule is O=C(NCC1CCCO1)c1nnsc1-c1ccc(Cl)cc1. The van der Waals surface area contributed by atoms with E-state index in [9.17, 15) is 4.79 Å². The molecule has 0 aliphatic carbocycles. The van der Waals surface area contributed by atoms with E-state index < -0.39 is 0 Å². The second-order valence-electron chi connectivity index (χ2n) is 4.80. The summed E-state index contributed by atoms with van der Waals surface area (Å²) in [6.45, 7) is 1.28. The van der Waals surface area contributed by atoms with Crippen molar-refractivity contribution in [3.8, 4) is 10.4 Å². The molecule has 1 aromatic carbocycles. The van der Waals surface area contributed by atoms with Crippen LogP contribution in [0.5, 0.6) is 0 Å². The zero-order valence-corrected chi connectivity index (χ0v) is 12.8. The predicted molar refractivity (Wildman–Crippen MR) is 81.7 cm³/mol. The summed E-state index contributed by atoms with van der Waals surface area (Å²) in [6, 6.07) is 7.28. The molecule has 1 unspecified atom stereocenters. The Kier molecular flexibility index (Phi) is 4.48. The average molecular weight is 324 g/mol. The molecule has 1 fully saturated rings. The molecule has 0 spiro atoms. The van der Waals surface area contributed by atoms with Crippen LogP contribution in [0.1, 0.15) is 23.3 Å². The van der Waals surface area contributed by atoms with Gasteiger partial charge in [0.1, 0.15) is 0 Å². The number of nitrogens with zero attached hydrogens (tertiary/aromatic N) is 2. The number of carbonyl (C=O) groups is 1. The van der Waals surface area contributed by atoms with Gasteiger partial charge >= 0.3 is 0 Å². The van der Waals surface area contributed by atoms with Gasteiger partial charge in [-0.05, 0) is 42.1 Å². The molecule has 1 amide bonds. The van der Waals surface area contributed by atoms with Crippen LogP contribution in [0.15, 0.2) is 24.3 Å². The number of hydrogen-bond acceptors (Lipinski definition) is 5. The van der Waals surface area contributed by atoms with E-state index in [-0.39, 0.29) is 12.0 Å². The van der Waals surface area contributed by atoms with Gasteiger partial charge in [0, 0.05) is 18.2 Å². The monoisotopic (exact) mass is 323 g/mol. The van der Waals surface area contributed by atoms with Crippen molar-refractivity contribution < 1.29 is 9.53 Å². The summed E-state index contributed by atoms with van der Waals surface area (Å²) in [4.78, 5) is 13.0. The minimum atomic E-state index is -0.218. The highest BCUT2D eigenvalue weighted by atomic mass is 35.5. The molecular formula is C14H14ClN3O2S. The summed E-state index contributed by atoms with van der Waals surface area (Å²) < 4.78 is 9.37. The van der Waals surface area contributed by atoms with Crippen molar-refractivity contribution in [3.63, 3.8) is 0 Å². The molecule has 1 aliphatic heterocycles. The summed E-state index contributed by atoms with van der Waals surface area (Å²) in [6.07, 6.45) is 2.15. The van der Waals surface area contributed by atoms with Crippen molar-refractivity contribution in [3.05, 3.63) is 35.0 Å². The number of ether oxygens (including phenoxy) is 1. The lowest BCUT2D eigenvalue weighted by atomic mass is 10.1. The maximum absolute atomic E-state index is 12.2. The van der Waals surface area contributed by atoms with Gasteiger partial charge < -0.3 is 10.1 Å². The maximum atomic E-state index is 12.2. The Morgan fingerprint density at radius 1 is 1.43 bits per heavy atom. The lowest BCUT2D eigenvalue weighted by molar-refractivity contribution is 0.0854. The van der Waals surface area contributed by atoms with Gasteiger partial charge in [-0.1, -0.05) is 28.2 Å². The fraction of sp³-hybridized carbons (Fsp3) is 0.357. The van der Waals surface area contributed by atoms with Gasteiger partial charge in [0.2, 0.25) is 0 Å². The molecule has 0 saturated carbocycles. The molecule has 21 heavy (non-hydrogen) atoms. The van der Waals surface area contributed by atoms with Gasteiger partial charge in [-0.2, -0.15) is 0 Å². The first kappa shape index (κ1) is 14.4. The molecule has 0 bridgehead atoms. The first-order chi connectivity index (χ1) is 10.2. The van der Waals surface area contributed by atoms with Crippen molar-refractivity contribution in [1.29, 1.82) is 0 Å². The lowest BCUT2D eigenvalue weighted by Gasteiger charge is -2.10. The molecule has 1 atom stereocenters. The Balaban J connectivity index is 1.72. The van der Waals surface area contributed by atoms with Crippen LogP contribution in [0, 0.1) is 0 Å². The average Bonchev–Trinajstić information content (AvgIpc) is 3.17. The van der Waals surface area contributed by atoms with E-state index in [0.717, 1.165) is 29.9 Å². The van der Waals surface area contributed by atoms with E-state index in [1.165, 1.54) is 11.5 Å². The van der Waals surface area contributed by atoms with Crippen molar-refractivity contribution in [2.45, 2.75) is 18.9 Å². The normalized spacial score (nSPS) is 17.9. The van der Waals surface area contributed by atoms with Crippen LogP contribution in [0.25, 0.3) is 10.4 Å². The predicted octanol–water partition coefficient (Wildman–Crippen LogP) is 2.77. The third-order valence-corrected chi connectivity index (χ3v) is 4.35. The zero-order chi connectivity index (χ0) is 14.7. The van der Waals surface area contributed by atoms with Crippen LogP contribution in [-0.4, -0.2) is 34.7 Å². The van der Waals surface area contributed by atoms with Crippen molar-refractivity contribution >= 4 is 29.0 Å². The number of nitrogens with one attached hydrogen (secondary N) is 1. The van der Waals surface area contributed by atoms with Gasteiger partial charge in [-0.25, -0.2) is 0 Å². The van der Waals surface area contributed by atoms with Gasteiger partial charge in [0.25, 0.3) is 5.91 Å². The van der Waals surface area contributed by atoms with Gasteiger partial charge in [0.05, 0.1) is 11.0 Å². The second kappa shape index (κ2) is 6.51. The van der Waals surface area contributed by atoms with E-state index >= 15 is 0 Å². The minimum Gasteiger partial charge on any atom is -0.376 e. The largest absolute Gasteiger partial charge is 0.376 e. The fourth-order valence-corrected chi connectivity index (χ4v) is 3.02. The lowest BCUT2D eigenvalue weighted by Crippen LogP contribution is -2.32. The topological polar surface area (TPSA) is 64.1 Å². The van der Waals surface area contributed by atoms with Crippen LogP contribution in [0.2, 0.25) is 5.02 Å². The number of rotatable bonds is 4. The van der Waals surface area contributed by atoms with E-state index in [1.807, 2.05) is 12.1 Å². The number of benzene rings is 1. The standard InChI is InChI=1S/C14H14ClN3O2S/c15-10-5-3-9(4-6-10)13-12(17-18-21-13)14(19)16-8-11-2-1-7-20-11/h3-6,11H,1-2,7-8H2,(H,16,19). The summed E-state index contributed by atoms with van der Waals surface area (Å²) in [7, 11) is 0. The summed E-state index contributed by atoms with van der Waals surface area (Å²) >= 11 is 7.08. The molecule has 2 aromatic rings. The Morgan fingerprint density at radius 3 is 2.95 bits per heavy atom. The molecule has 7 heteroatoms. The molecule has 1 N–H and O–H groups in total. The quantitative estimate of drug-likeness (QED) is 0.939. The Labute approximate surface area is 131 Å². The van der Waals surface area contributed by atoms with Crippen molar-refractivity contribution in [2.24, 2.45) is 0 Å². The van der Waals surface area contributed by atoms with Gasteiger partial charge in [-0.3, -0.25) is 4.79 Å². The van der Waals surface area contributed by atoms with E-state index in [0.29, 0.717) is 17.3 Å². The fourth-order valence-electron chi connectivity index (χ4n) is 2.23. The molecule has 0 radical (unpaired) electrons. The number of carbonyl (C=O) groups excluding carboxylic acids is 1. The smallest absolute Gasteiger partial charge is 0.273 e. The van der Waals surface area contributed by atoms with Crippen molar-refractivity contribution in [2.75, 3.05) is 13.2 Å². The third-order valence-electron chi connectivity index (χ3n) is 3.32. The van der Waals surface area contributed by atoms with Crippen LogP contribution >= 0.6 is 23.1 Å². The first-order valence-corrected chi connectivity index (χ1v) is 7.87. The number of aromatic nitrogens is 2. The molecule has 5 nitrogen and oxygen atoms in total. The highest BCUT2D eigenvalue weighted by Crippen LogP contribution is 2.27. The Morgan fingerprint density at radius 2 is 2.24 bits per heavy atom. The summed E-state index contributed by atoms with van der Waals surface area (Å²) in [5.41, 5.74) is 1.23. The molecule has 3 rings (SSSR count). The summed E-state index contributed by atoms with van der Waals surface area (Å²) in [5, 5.41) is 7.46. The molecule has 1 aromatic heterocycles. The van der Waals surface area contributed by atoms with Crippen LogP contribution in [0.3, 0.4) is 0 Å².